The first-order valence-electron chi connectivity index (χ1n) is 5.19. The van der Waals surface area contributed by atoms with Gasteiger partial charge >= 0.3 is 0 Å². The summed E-state index contributed by atoms with van der Waals surface area (Å²) < 4.78 is 5.12. The molecule has 1 aromatic rings. The highest BCUT2D eigenvalue weighted by Gasteiger charge is 2.10. The molecule has 0 aliphatic rings. The quantitative estimate of drug-likeness (QED) is 0.762. The van der Waals surface area contributed by atoms with Crippen LogP contribution < -0.4 is 10.1 Å². The molecule has 0 spiro atoms. The van der Waals surface area contributed by atoms with Crippen LogP contribution in [0.15, 0.2) is 18.2 Å². The van der Waals surface area contributed by atoms with Crippen molar-refractivity contribution in [2.45, 2.75) is 19.9 Å². The van der Waals surface area contributed by atoms with E-state index in [0.717, 1.165) is 11.3 Å². The Balaban J connectivity index is 2.79. The molecule has 0 bridgehead atoms. The highest BCUT2D eigenvalue weighted by atomic mass is 16.5. The Bertz CT molecular complexity index is 404. The molecule has 3 heteroatoms. The third-order valence-electron chi connectivity index (χ3n) is 2.37. The lowest BCUT2D eigenvalue weighted by molar-refractivity contribution is 0.408. The minimum Gasteiger partial charge on any atom is -0.508 e. The summed E-state index contributed by atoms with van der Waals surface area (Å²) in [4.78, 5) is 0. The number of hydrogen-bond donors (Lipinski definition) is 2. The fourth-order valence-electron chi connectivity index (χ4n) is 1.41. The van der Waals surface area contributed by atoms with Crippen LogP contribution in [0.5, 0.6) is 11.5 Å². The highest BCUT2D eigenvalue weighted by molar-refractivity contribution is 5.41. The Kier molecular flexibility index (Phi) is 4.68. The van der Waals surface area contributed by atoms with E-state index in [1.54, 1.807) is 26.2 Å². The Morgan fingerprint density at radius 2 is 2.25 bits per heavy atom. The van der Waals surface area contributed by atoms with Crippen LogP contribution in [0.4, 0.5) is 0 Å². The molecule has 86 valence electrons. The zero-order chi connectivity index (χ0) is 12.0. The number of nitrogens with one attached hydrogen (secondary N) is 1. The van der Waals surface area contributed by atoms with Gasteiger partial charge in [0.1, 0.15) is 11.5 Å². The molecule has 0 fully saturated rings. The summed E-state index contributed by atoms with van der Waals surface area (Å²) in [7, 11) is 1.61. The molecule has 1 atom stereocenters. The number of phenolic OH excluding ortho intramolecular Hbond substituents is 1. The van der Waals surface area contributed by atoms with Crippen LogP contribution in [-0.2, 0) is 0 Å². The van der Waals surface area contributed by atoms with Crippen molar-refractivity contribution in [2.24, 2.45) is 0 Å². The van der Waals surface area contributed by atoms with Crippen molar-refractivity contribution in [3.63, 3.8) is 0 Å². The minimum absolute atomic E-state index is 0.0379. The molecule has 1 aromatic carbocycles. The van der Waals surface area contributed by atoms with Crippen LogP contribution in [0.3, 0.4) is 0 Å². The van der Waals surface area contributed by atoms with E-state index < -0.39 is 0 Å². The molecule has 0 aliphatic carbocycles. The summed E-state index contributed by atoms with van der Waals surface area (Å²) in [6.45, 7) is 4.38. The first kappa shape index (κ1) is 12.4. The van der Waals surface area contributed by atoms with E-state index in [-0.39, 0.29) is 11.8 Å². The van der Waals surface area contributed by atoms with Gasteiger partial charge < -0.3 is 9.84 Å². The Morgan fingerprint density at radius 1 is 1.50 bits per heavy atom. The van der Waals surface area contributed by atoms with Gasteiger partial charge in [-0.05, 0) is 32.0 Å². The second-order valence-corrected chi connectivity index (χ2v) is 3.45. The number of phenols is 1. The molecule has 16 heavy (non-hydrogen) atoms. The number of ether oxygens (including phenoxy) is 1. The largest absolute Gasteiger partial charge is 0.508 e. The minimum atomic E-state index is 0.0379. The maximum Gasteiger partial charge on any atom is 0.120 e. The number of methoxy groups -OCH3 is 1. The molecule has 0 heterocycles. The summed E-state index contributed by atoms with van der Waals surface area (Å²) in [5.41, 5.74) is 0.817. The van der Waals surface area contributed by atoms with Crippen LogP contribution in [0, 0.1) is 11.8 Å². The fraction of sp³-hybridized carbons (Fsp3) is 0.385. The third kappa shape index (κ3) is 3.18. The smallest absolute Gasteiger partial charge is 0.120 e. The number of aromatic hydroxyl groups is 1. The molecule has 0 amide bonds. The van der Waals surface area contributed by atoms with Crippen molar-refractivity contribution in [2.75, 3.05) is 13.7 Å². The van der Waals surface area contributed by atoms with Crippen LogP contribution in [-0.4, -0.2) is 18.8 Å². The molecule has 0 saturated heterocycles. The molecule has 2 N–H and O–H groups in total. The van der Waals surface area contributed by atoms with Gasteiger partial charge in [-0.15, -0.1) is 5.92 Å². The molecular formula is C13H17NO2. The van der Waals surface area contributed by atoms with Gasteiger partial charge in [-0.2, -0.15) is 0 Å². The lowest BCUT2D eigenvalue weighted by Gasteiger charge is -2.14. The molecule has 0 aliphatic heterocycles. The number of rotatable bonds is 4. The summed E-state index contributed by atoms with van der Waals surface area (Å²) in [6, 6.07) is 5.23. The topological polar surface area (TPSA) is 41.5 Å². The molecular weight excluding hydrogens is 202 g/mol. The zero-order valence-electron chi connectivity index (χ0n) is 9.87. The normalized spacial score (nSPS) is 11.4. The van der Waals surface area contributed by atoms with Crippen molar-refractivity contribution < 1.29 is 9.84 Å². The van der Waals surface area contributed by atoms with Crippen LogP contribution in [0.25, 0.3) is 0 Å². The average Bonchev–Trinajstić information content (AvgIpc) is 2.30. The maximum atomic E-state index is 9.73. The third-order valence-corrected chi connectivity index (χ3v) is 2.37. The van der Waals surface area contributed by atoms with E-state index in [9.17, 15) is 5.11 Å². The van der Waals surface area contributed by atoms with E-state index in [4.69, 9.17) is 4.74 Å². The Morgan fingerprint density at radius 3 is 2.88 bits per heavy atom. The van der Waals surface area contributed by atoms with Gasteiger partial charge in [0, 0.05) is 11.6 Å². The van der Waals surface area contributed by atoms with Gasteiger partial charge in [-0.1, -0.05) is 5.92 Å². The average molecular weight is 219 g/mol. The second kappa shape index (κ2) is 6.04. The van der Waals surface area contributed by atoms with Crippen molar-refractivity contribution >= 4 is 0 Å². The molecule has 1 rings (SSSR count). The molecule has 0 radical (unpaired) electrons. The number of hydrogen-bond acceptors (Lipinski definition) is 3. The van der Waals surface area contributed by atoms with Gasteiger partial charge in [0.05, 0.1) is 13.7 Å². The monoisotopic (exact) mass is 219 g/mol. The molecule has 0 aromatic heterocycles. The van der Waals surface area contributed by atoms with Gasteiger partial charge in [-0.25, -0.2) is 0 Å². The van der Waals surface area contributed by atoms with Gasteiger partial charge in [0.15, 0.2) is 0 Å². The Labute approximate surface area is 96.4 Å². The van der Waals surface area contributed by atoms with E-state index >= 15 is 0 Å². The van der Waals surface area contributed by atoms with E-state index in [2.05, 4.69) is 17.2 Å². The van der Waals surface area contributed by atoms with E-state index in [1.165, 1.54) is 0 Å². The van der Waals surface area contributed by atoms with Crippen molar-refractivity contribution in [1.82, 2.24) is 5.32 Å². The predicted molar refractivity (Wildman–Crippen MR) is 64.5 cm³/mol. The summed E-state index contributed by atoms with van der Waals surface area (Å²) >= 11 is 0. The standard InChI is InChI=1S/C13H17NO2/c1-4-5-8-14-10(2)12-9-11(16-3)6-7-13(12)15/h6-7,9-10,14-15H,8H2,1-3H3. The number of benzene rings is 1. The second-order valence-electron chi connectivity index (χ2n) is 3.45. The van der Waals surface area contributed by atoms with E-state index in [0.29, 0.717) is 6.54 Å². The summed E-state index contributed by atoms with van der Waals surface area (Å²) in [5.74, 6) is 6.74. The van der Waals surface area contributed by atoms with Crippen LogP contribution in [0.2, 0.25) is 0 Å². The zero-order valence-corrected chi connectivity index (χ0v) is 9.87. The Hall–Kier alpha value is -1.66. The SMILES string of the molecule is CC#CCNC(C)c1cc(OC)ccc1O. The van der Waals surface area contributed by atoms with E-state index in [1.807, 2.05) is 13.0 Å². The lowest BCUT2D eigenvalue weighted by Crippen LogP contribution is -2.18. The molecule has 1 unspecified atom stereocenters. The predicted octanol–water partition coefficient (Wildman–Crippen LogP) is 2.07. The fourth-order valence-corrected chi connectivity index (χ4v) is 1.41. The van der Waals surface area contributed by atoms with Crippen LogP contribution >= 0.6 is 0 Å². The highest BCUT2D eigenvalue weighted by Crippen LogP contribution is 2.27. The first-order valence-corrected chi connectivity index (χ1v) is 5.19. The van der Waals surface area contributed by atoms with Crippen LogP contribution in [0.1, 0.15) is 25.5 Å². The molecule has 0 saturated carbocycles. The summed E-state index contributed by atoms with van der Waals surface area (Å²) in [6.07, 6.45) is 0. The van der Waals surface area contributed by atoms with Crippen molar-refractivity contribution in [3.8, 4) is 23.3 Å². The van der Waals surface area contributed by atoms with Gasteiger partial charge in [0.25, 0.3) is 0 Å². The first-order chi connectivity index (χ1) is 7.69. The summed E-state index contributed by atoms with van der Waals surface area (Å²) in [5, 5.41) is 12.9. The lowest BCUT2D eigenvalue weighted by atomic mass is 10.1. The van der Waals surface area contributed by atoms with Crippen molar-refractivity contribution in [3.05, 3.63) is 23.8 Å². The van der Waals surface area contributed by atoms with Gasteiger partial charge in [-0.3, -0.25) is 5.32 Å². The molecule has 3 nitrogen and oxygen atoms in total. The maximum absolute atomic E-state index is 9.73. The van der Waals surface area contributed by atoms with Gasteiger partial charge in [0.2, 0.25) is 0 Å². The van der Waals surface area contributed by atoms with Crippen molar-refractivity contribution in [1.29, 1.82) is 0 Å².